The van der Waals surface area contributed by atoms with E-state index >= 15 is 0 Å². The Hall–Kier alpha value is -3.40. The van der Waals surface area contributed by atoms with Crippen LogP contribution in [0.5, 0.6) is 0 Å². The number of benzene rings is 1. The first-order valence-electron chi connectivity index (χ1n) is 10.0. The van der Waals surface area contributed by atoms with Crippen LogP contribution in [0.2, 0.25) is 0 Å². The number of fused-ring (bicyclic) bond motifs is 1. The number of thiazole rings is 1. The van der Waals surface area contributed by atoms with Crippen molar-refractivity contribution in [3.8, 4) is 11.5 Å². The van der Waals surface area contributed by atoms with E-state index in [0.29, 0.717) is 22.9 Å². The Morgan fingerprint density at radius 2 is 2.06 bits per heavy atom. The van der Waals surface area contributed by atoms with Gasteiger partial charge in [-0.15, -0.1) is 10.2 Å². The zero-order valence-corrected chi connectivity index (χ0v) is 17.9. The molecule has 0 unspecified atom stereocenters. The van der Waals surface area contributed by atoms with Gasteiger partial charge in [0.15, 0.2) is 11.0 Å². The van der Waals surface area contributed by atoms with Gasteiger partial charge in [0.2, 0.25) is 0 Å². The third kappa shape index (κ3) is 3.63. The fraction of sp³-hybridized carbons (Fsp3) is 0.286. The minimum absolute atomic E-state index is 0.0381. The summed E-state index contributed by atoms with van der Waals surface area (Å²) in [6.45, 7) is 5.96. The van der Waals surface area contributed by atoms with Crippen molar-refractivity contribution in [2.24, 2.45) is 0 Å². The zero-order chi connectivity index (χ0) is 21.5. The lowest BCUT2D eigenvalue weighted by Gasteiger charge is -2.30. The van der Waals surface area contributed by atoms with Crippen molar-refractivity contribution in [1.29, 1.82) is 0 Å². The first-order valence-corrected chi connectivity index (χ1v) is 10.8. The number of carbonyl (C=O) groups excluding carboxylic acids is 1. The van der Waals surface area contributed by atoms with Gasteiger partial charge in [0.05, 0.1) is 15.8 Å². The van der Waals surface area contributed by atoms with Crippen LogP contribution >= 0.6 is 11.3 Å². The highest BCUT2D eigenvalue weighted by Gasteiger charge is 2.21. The number of rotatable bonds is 5. The van der Waals surface area contributed by atoms with Crippen molar-refractivity contribution in [1.82, 2.24) is 24.7 Å². The summed E-state index contributed by atoms with van der Waals surface area (Å²) in [6.07, 6.45) is 2.78. The first kappa shape index (κ1) is 19.6. The molecule has 1 amide bonds. The van der Waals surface area contributed by atoms with Crippen molar-refractivity contribution in [3.63, 3.8) is 0 Å². The lowest BCUT2D eigenvalue weighted by molar-refractivity contribution is 0.102. The number of nitrogens with one attached hydrogen (secondary N) is 1. The molecule has 5 rings (SSSR count). The van der Waals surface area contributed by atoms with E-state index in [-0.39, 0.29) is 11.6 Å². The Balaban J connectivity index is 1.41. The first-order chi connectivity index (χ1) is 15.0. The van der Waals surface area contributed by atoms with Gasteiger partial charge in [0.1, 0.15) is 23.7 Å². The number of nitrogens with zero attached hydrogens (tertiary/aromatic N) is 6. The summed E-state index contributed by atoms with van der Waals surface area (Å²) >= 11 is 1.47. The average molecular weight is 438 g/mol. The van der Waals surface area contributed by atoms with Crippen LogP contribution in [0.25, 0.3) is 21.7 Å². The van der Waals surface area contributed by atoms with Crippen LogP contribution in [0, 0.1) is 5.82 Å². The molecule has 8 nitrogen and oxygen atoms in total. The molecule has 1 aromatic carbocycles. The maximum atomic E-state index is 14.7. The van der Waals surface area contributed by atoms with Crippen molar-refractivity contribution in [2.75, 3.05) is 23.3 Å². The Labute approximate surface area is 181 Å². The number of aromatic nitrogens is 5. The standard InChI is InChI=1S/C21H20FN7OS/c1-12(2)29-11-23-27-19(29)15-5-3-6-18(24-15)26-20(30)13-9-17-16(10-14(13)22)25-21(31-17)28-7-4-8-28/h3,5-6,9-12H,4,7-8H2,1-2H3,(H,24,26,30). The molecular formula is C21H20FN7OS. The third-order valence-electron chi connectivity index (χ3n) is 5.19. The number of carbonyl (C=O) groups is 1. The lowest BCUT2D eigenvalue weighted by atomic mass is 10.2. The molecule has 1 saturated heterocycles. The van der Waals surface area contributed by atoms with E-state index in [9.17, 15) is 9.18 Å². The monoisotopic (exact) mass is 437 g/mol. The van der Waals surface area contributed by atoms with Gasteiger partial charge in [-0.05, 0) is 38.5 Å². The van der Waals surface area contributed by atoms with Crippen LogP contribution in [0.1, 0.15) is 36.7 Å². The minimum Gasteiger partial charge on any atom is -0.348 e. The van der Waals surface area contributed by atoms with E-state index in [2.05, 4.69) is 30.4 Å². The van der Waals surface area contributed by atoms with E-state index in [1.165, 1.54) is 17.4 Å². The fourth-order valence-corrected chi connectivity index (χ4v) is 4.41. The molecular weight excluding hydrogens is 417 g/mol. The predicted molar refractivity (Wildman–Crippen MR) is 118 cm³/mol. The molecule has 3 aromatic heterocycles. The zero-order valence-electron chi connectivity index (χ0n) is 17.0. The highest BCUT2D eigenvalue weighted by Crippen LogP contribution is 2.33. The molecule has 0 atom stereocenters. The Morgan fingerprint density at radius 3 is 2.81 bits per heavy atom. The molecule has 4 heterocycles. The molecule has 4 aromatic rings. The number of hydrogen-bond donors (Lipinski definition) is 1. The molecule has 10 heteroatoms. The SMILES string of the molecule is CC(C)n1cnnc1-c1cccc(NC(=O)c2cc3sc(N4CCC4)nc3cc2F)n1. The highest BCUT2D eigenvalue weighted by molar-refractivity contribution is 7.22. The van der Waals surface area contributed by atoms with Crippen molar-refractivity contribution in [3.05, 3.63) is 48.0 Å². The number of pyridine rings is 1. The van der Waals surface area contributed by atoms with Crippen molar-refractivity contribution in [2.45, 2.75) is 26.3 Å². The Morgan fingerprint density at radius 1 is 1.23 bits per heavy atom. The number of hydrogen-bond acceptors (Lipinski definition) is 7. The Bertz CT molecular complexity index is 1280. The molecule has 0 radical (unpaired) electrons. The summed E-state index contributed by atoms with van der Waals surface area (Å²) in [5, 5.41) is 11.6. The van der Waals surface area contributed by atoms with Gasteiger partial charge in [-0.1, -0.05) is 17.4 Å². The molecule has 1 N–H and O–H groups in total. The van der Waals surface area contributed by atoms with Crippen LogP contribution < -0.4 is 10.2 Å². The third-order valence-corrected chi connectivity index (χ3v) is 6.27. The predicted octanol–water partition coefficient (Wildman–Crippen LogP) is 4.13. The normalized spacial score (nSPS) is 13.6. The van der Waals surface area contributed by atoms with Crippen LogP contribution in [0.4, 0.5) is 15.3 Å². The fourth-order valence-electron chi connectivity index (χ4n) is 3.37. The van der Waals surface area contributed by atoms with E-state index in [1.807, 2.05) is 18.4 Å². The maximum absolute atomic E-state index is 14.7. The topological polar surface area (TPSA) is 88.8 Å². The maximum Gasteiger partial charge on any atom is 0.259 e. The summed E-state index contributed by atoms with van der Waals surface area (Å²) in [5.41, 5.74) is 1.10. The van der Waals surface area contributed by atoms with Gasteiger partial charge in [-0.2, -0.15) is 0 Å². The highest BCUT2D eigenvalue weighted by atomic mass is 32.1. The number of halogens is 1. The van der Waals surface area contributed by atoms with E-state index < -0.39 is 11.7 Å². The molecule has 31 heavy (non-hydrogen) atoms. The van der Waals surface area contributed by atoms with E-state index in [1.54, 1.807) is 30.6 Å². The van der Waals surface area contributed by atoms with Gasteiger partial charge in [0, 0.05) is 25.2 Å². The van der Waals surface area contributed by atoms with Gasteiger partial charge in [-0.25, -0.2) is 14.4 Å². The molecule has 0 bridgehead atoms. The largest absolute Gasteiger partial charge is 0.348 e. The molecule has 1 fully saturated rings. The second-order valence-corrected chi connectivity index (χ2v) is 8.66. The van der Waals surface area contributed by atoms with E-state index in [0.717, 1.165) is 29.3 Å². The smallest absolute Gasteiger partial charge is 0.259 e. The number of anilines is 2. The molecule has 158 valence electrons. The number of amides is 1. The minimum atomic E-state index is -0.610. The van der Waals surface area contributed by atoms with Crippen LogP contribution in [0.15, 0.2) is 36.7 Å². The van der Waals surface area contributed by atoms with Gasteiger partial charge < -0.3 is 14.8 Å². The van der Waals surface area contributed by atoms with Gasteiger partial charge >= 0.3 is 0 Å². The quantitative estimate of drug-likeness (QED) is 0.505. The van der Waals surface area contributed by atoms with E-state index in [4.69, 9.17) is 0 Å². The molecule has 1 aliphatic rings. The second kappa shape index (κ2) is 7.69. The van der Waals surface area contributed by atoms with Crippen LogP contribution in [0.3, 0.4) is 0 Å². The summed E-state index contributed by atoms with van der Waals surface area (Å²) in [7, 11) is 0. The lowest BCUT2D eigenvalue weighted by Crippen LogP contribution is -2.36. The van der Waals surface area contributed by atoms with Crippen molar-refractivity contribution < 1.29 is 9.18 Å². The summed E-state index contributed by atoms with van der Waals surface area (Å²) in [4.78, 5) is 23.9. The molecule has 0 spiro atoms. The average Bonchev–Trinajstić information content (AvgIpc) is 3.33. The summed E-state index contributed by atoms with van der Waals surface area (Å²) in [5.74, 6) is -0.262. The molecule has 0 saturated carbocycles. The van der Waals surface area contributed by atoms with Crippen LogP contribution in [-0.2, 0) is 0 Å². The van der Waals surface area contributed by atoms with Gasteiger partial charge in [-0.3, -0.25) is 4.79 Å². The Kier molecular flexibility index (Phi) is 4.85. The summed E-state index contributed by atoms with van der Waals surface area (Å²) in [6, 6.07) is 8.24. The van der Waals surface area contributed by atoms with Crippen molar-refractivity contribution >= 4 is 38.4 Å². The second-order valence-electron chi connectivity index (χ2n) is 7.65. The van der Waals surface area contributed by atoms with Crippen LogP contribution in [-0.4, -0.2) is 43.7 Å². The molecule has 1 aliphatic heterocycles. The van der Waals surface area contributed by atoms with Gasteiger partial charge in [0.25, 0.3) is 5.91 Å². The summed E-state index contributed by atoms with van der Waals surface area (Å²) < 4.78 is 17.3. The molecule has 0 aliphatic carbocycles.